The summed E-state index contributed by atoms with van der Waals surface area (Å²) in [6.07, 6.45) is 4.51. The Kier molecular flexibility index (Phi) is 4.55. The molecule has 0 bridgehead atoms. The van der Waals surface area contributed by atoms with Gasteiger partial charge in [0.15, 0.2) is 0 Å². The van der Waals surface area contributed by atoms with Gasteiger partial charge in [0.05, 0.1) is 18.5 Å². The summed E-state index contributed by atoms with van der Waals surface area (Å²) in [6.45, 7) is 2.28. The maximum Gasteiger partial charge on any atom is 0.319 e. The number of benzene rings is 1. The van der Waals surface area contributed by atoms with E-state index in [-0.39, 0.29) is 11.7 Å². The SMILES string of the molecule is CC(Cn1cncn1)NC(=O)Nc1cc(-c2ccco2)ccc1F. The zero-order valence-corrected chi connectivity index (χ0v) is 12.9. The molecule has 0 radical (unpaired) electrons. The standard InChI is InChI=1S/C16H16FN5O2/c1-11(8-22-10-18-9-19-22)20-16(23)21-14-7-12(4-5-13(14)17)15-3-2-6-24-15/h2-7,9-11H,8H2,1H3,(H2,20,21,23). The number of carbonyl (C=O) groups excluding carboxylic acids is 1. The number of hydrogen-bond donors (Lipinski definition) is 2. The molecule has 1 aromatic carbocycles. The van der Waals surface area contributed by atoms with Gasteiger partial charge in [-0.1, -0.05) is 0 Å². The van der Waals surface area contributed by atoms with Gasteiger partial charge >= 0.3 is 6.03 Å². The molecule has 1 atom stereocenters. The highest BCUT2D eigenvalue weighted by atomic mass is 19.1. The van der Waals surface area contributed by atoms with Gasteiger partial charge in [-0.05, 0) is 37.3 Å². The maximum atomic E-state index is 13.9. The first-order valence-electron chi connectivity index (χ1n) is 7.35. The number of furan rings is 1. The fourth-order valence-electron chi connectivity index (χ4n) is 2.25. The Hall–Kier alpha value is -3.16. The van der Waals surface area contributed by atoms with Crippen LogP contribution in [0.25, 0.3) is 11.3 Å². The van der Waals surface area contributed by atoms with Gasteiger partial charge < -0.3 is 15.1 Å². The largest absolute Gasteiger partial charge is 0.464 e. The van der Waals surface area contributed by atoms with Crippen molar-refractivity contribution in [3.63, 3.8) is 0 Å². The summed E-state index contributed by atoms with van der Waals surface area (Å²) in [7, 11) is 0. The summed E-state index contributed by atoms with van der Waals surface area (Å²) < 4.78 is 20.8. The Morgan fingerprint density at radius 1 is 1.42 bits per heavy atom. The molecule has 0 saturated carbocycles. The van der Waals surface area contributed by atoms with E-state index in [2.05, 4.69) is 20.7 Å². The van der Waals surface area contributed by atoms with Crippen LogP contribution in [0.15, 0.2) is 53.7 Å². The number of urea groups is 1. The molecule has 0 saturated heterocycles. The second-order valence-electron chi connectivity index (χ2n) is 5.29. The van der Waals surface area contributed by atoms with Crippen molar-refractivity contribution >= 4 is 11.7 Å². The van der Waals surface area contributed by atoms with Crippen molar-refractivity contribution < 1.29 is 13.6 Å². The Labute approximate surface area is 137 Å². The Morgan fingerprint density at radius 2 is 2.29 bits per heavy atom. The van der Waals surface area contributed by atoms with Crippen LogP contribution in [0.4, 0.5) is 14.9 Å². The summed E-state index contributed by atoms with van der Waals surface area (Å²) >= 11 is 0. The number of amides is 2. The third-order valence-corrected chi connectivity index (χ3v) is 3.33. The first-order chi connectivity index (χ1) is 11.6. The summed E-state index contributed by atoms with van der Waals surface area (Å²) in [6, 6.07) is 7.19. The second kappa shape index (κ2) is 6.95. The lowest BCUT2D eigenvalue weighted by molar-refractivity contribution is 0.247. The molecular weight excluding hydrogens is 313 g/mol. The second-order valence-corrected chi connectivity index (χ2v) is 5.29. The molecule has 3 rings (SSSR count). The highest BCUT2D eigenvalue weighted by Gasteiger charge is 2.12. The van der Waals surface area contributed by atoms with E-state index in [1.54, 1.807) is 29.2 Å². The zero-order chi connectivity index (χ0) is 16.9. The number of halogens is 1. The topological polar surface area (TPSA) is 85.0 Å². The van der Waals surface area contributed by atoms with E-state index in [1.165, 1.54) is 24.7 Å². The van der Waals surface area contributed by atoms with Crippen LogP contribution in [-0.2, 0) is 6.54 Å². The Bertz CT molecular complexity index is 802. The van der Waals surface area contributed by atoms with Gasteiger partial charge in [0.2, 0.25) is 0 Å². The summed E-state index contributed by atoms with van der Waals surface area (Å²) in [5.74, 6) is 0.0717. The molecule has 0 aliphatic rings. The van der Waals surface area contributed by atoms with E-state index < -0.39 is 11.8 Å². The van der Waals surface area contributed by atoms with Gasteiger partial charge in [-0.3, -0.25) is 4.68 Å². The minimum absolute atomic E-state index is 0.0781. The predicted molar refractivity (Wildman–Crippen MR) is 85.7 cm³/mol. The van der Waals surface area contributed by atoms with Gasteiger partial charge in [-0.15, -0.1) is 0 Å². The number of nitrogens with one attached hydrogen (secondary N) is 2. The van der Waals surface area contributed by atoms with Gasteiger partial charge in [0, 0.05) is 11.6 Å². The maximum absolute atomic E-state index is 13.9. The van der Waals surface area contributed by atoms with Crippen LogP contribution in [-0.4, -0.2) is 26.8 Å². The van der Waals surface area contributed by atoms with Crippen molar-refractivity contribution in [1.29, 1.82) is 0 Å². The van der Waals surface area contributed by atoms with Crippen molar-refractivity contribution in [1.82, 2.24) is 20.1 Å². The molecule has 2 heterocycles. The number of anilines is 1. The lowest BCUT2D eigenvalue weighted by atomic mass is 10.1. The average molecular weight is 329 g/mol. The molecule has 3 aromatic rings. The third kappa shape index (κ3) is 3.78. The smallest absolute Gasteiger partial charge is 0.319 e. The van der Waals surface area contributed by atoms with Crippen LogP contribution in [0, 0.1) is 5.82 Å². The van der Waals surface area contributed by atoms with Gasteiger partial charge in [-0.25, -0.2) is 14.2 Å². The van der Waals surface area contributed by atoms with E-state index in [9.17, 15) is 9.18 Å². The highest BCUT2D eigenvalue weighted by molar-refractivity contribution is 5.90. The molecule has 0 spiro atoms. The number of carbonyl (C=O) groups is 1. The number of nitrogens with zero attached hydrogens (tertiary/aromatic N) is 3. The number of rotatable bonds is 5. The number of hydrogen-bond acceptors (Lipinski definition) is 4. The molecule has 2 aromatic heterocycles. The van der Waals surface area contributed by atoms with Crippen LogP contribution in [0.1, 0.15) is 6.92 Å². The van der Waals surface area contributed by atoms with E-state index in [1.807, 2.05) is 6.92 Å². The van der Waals surface area contributed by atoms with E-state index in [0.717, 1.165) is 0 Å². The Morgan fingerprint density at radius 3 is 3.00 bits per heavy atom. The fourth-order valence-corrected chi connectivity index (χ4v) is 2.25. The van der Waals surface area contributed by atoms with Gasteiger partial charge in [0.25, 0.3) is 0 Å². The first kappa shape index (κ1) is 15.7. The molecule has 0 aliphatic carbocycles. The Balaban J connectivity index is 1.64. The summed E-state index contributed by atoms with van der Waals surface area (Å²) in [5, 5.41) is 9.20. The van der Waals surface area contributed by atoms with Gasteiger partial charge in [0.1, 0.15) is 24.2 Å². The predicted octanol–water partition coefficient (Wildman–Crippen LogP) is 2.89. The zero-order valence-electron chi connectivity index (χ0n) is 12.9. The molecule has 8 heteroatoms. The molecule has 2 N–H and O–H groups in total. The minimum Gasteiger partial charge on any atom is -0.464 e. The molecule has 24 heavy (non-hydrogen) atoms. The highest BCUT2D eigenvalue weighted by Crippen LogP contribution is 2.25. The quantitative estimate of drug-likeness (QED) is 0.754. The molecule has 124 valence electrons. The van der Waals surface area contributed by atoms with Crippen molar-refractivity contribution in [3.05, 3.63) is 55.1 Å². The summed E-state index contributed by atoms with van der Waals surface area (Å²) in [4.78, 5) is 15.9. The molecule has 0 fully saturated rings. The average Bonchev–Trinajstić information content (AvgIpc) is 3.22. The van der Waals surface area contributed by atoms with Crippen molar-refractivity contribution in [2.24, 2.45) is 0 Å². The van der Waals surface area contributed by atoms with Gasteiger partial charge in [-0.2, -0.15) is 5.10 Å². The monoisotopic (exact) mass is 329 g/mol. The molecule has 1 unspecified atom stereocenters. The summed E-state index contributed by atoms with van der Waals surface area (Å²) in [5.41, 5.74) is 0.752. The number of aromatic nitrogens is 3. The molecule has 0 aliphatic heterocycles. The van der Waals surface area contributed by atoms with Crippen molar-refractivity contribution in [2.45, 2.75) is 19.5 Å². The van der Waals surface area contributed by atoms with Crippen molar-refractivity contribution in [3.8, 4) is 11.3 Å². The van der Waals surface area contributed by atoms with Crippen LogP contribution in [0.2, 0.25) is 0 Å². The normalized spacial score (nSPS) is 11.9. The van der Waals surface area contributed by atoms with Crippen LogP contribution in [0.5, 0.6) is 0 Å². The fraction of sp³-hybridized carbons (Fsp3) is 0.188. The molecule has 2 amide bonds. The lowest BCUT2D eigenvalue weighted by Gasteiger charge is -2.15. The van der Waals surface area contributed by atoms with Crippen LogP contribution >= 0.6 is 0 Å². The first-order valence-corrected chi connectivity index (χ1v) is 7.35. The molecular formula is C16H16FN5O2. The van der Waals surface area contributed by atoms with E-state index in [4.69, 9.17) is 4.42 Å². The lowest BCUT2D eigenvalue weighted by Crippen LogP contribution is -2.38. The molecule has 7 nitrogen and oxygen atoms in total. The minimum atomic E-state index is -0.524. The third-order valence-electron chi connectivity index (χ3n) is 3.33. The van der Waals surface area contributed by atoms with Crippen molar-refractivity contribution in [2.75, 3.05) is 5.32 Å². The van der Waals surface area contributed by atoms with Crippen LogP contribution in [0.3, 0.4) is 0 Å². The van der Waals surface area contributed by atoms with Crippen LogP contribution < -0.4 is 10.6 Å². The van der Waals surface area contributed by atoms with E-state index in [0.29, 0.717) is 17.9 Å². The van der Waals surface area contributed by atoms with E-state index >= 15 is 0 Å².